The maximum atomic E-state index is 13.6. The van der Waals surface area contributed by atoms with Crippen LogP contribution >= 0.6 is 0 Å². The second-order valence-electron chi connectivity index (χ2n) is 9.32. The van der Waals surface area contributed by atoms with Gasteiger partial charge in [0.05, 0.1) is 18.6 Å². The Balaban J connectivity index is 1.24. The first kappa shape index (κ1) is 25.1. The summed E-state index contributed by atoms with van der Waals surface area (Å²) >= 11 is 0. The van der Waals surface area contributed by atoms with Crippen molar-refractivity contribution < 1.29 is 13.6 Å². The fraction of sp³-hybridized carbons (Fsp3) is 0.286. The fourth-order valence-corrected chi connectivity index (χ4v) is 4.29. The normalized spacial score (nSPS) is 13.1. The molecule has 1 fully saturated rings. The molecule has 0 spiro atoms. The summed E-state index contributed by atoms with van der Waals surface area (Å²) in [5.74, 6) is 4.02. The Morgan fingerprint density at radius 3 is 2.71 bits per heavy atom. The highest BCUT2D eigenvalue weighted by molar-refractivity contribution is 5.95. The highest BCUT2D eigenvalue weighted by Crippen LogP contribution is 2.22. The summed E-state index contributed by atoms with van der Waals surface area (Å²) in [6, 6.07) is 9.51. The third kappa shape index (κ3) is 5.13. The lowest BCUT2D eigenvalue weighted by atomic mass is 9.93. The molecular weight excluding hydrogens is 490 g/mol. The summed E-state index contributed by atoms with van der Waals surface area (Å²) in [4.78, 5) is 34.7. The molecule has 2 aromatic carbocycles. The number of hydrogen-bond acceptors (Lipinski definition) is 5. The van der Waals surface area contributed by atoms with Crippen LogP contribution in [0.3, 0.4) is 0 Å². The van der Waals surface area contributed by atoms with Gasteiger partial charge in [0.2, 0.25) is 5.95 Å². The van der Waals surface area contributed by atoms with Crippen LogP contribution < -0.4 is 16.2 Å². The van der Waals surface area contributed by atoms with Crippen molar-refractivity contribution in [2.24, 2.45) is 7.05 Å². The first-order chi connectivity index (χ1) is 18.3. The number of aromatic nitrogens is 4. The summed E-state index contributed by atoms with van der Waals surface area (Å²) in [5.41, 5.74) is 1.87. The maximum Gasteiger partial charge on any atom is 0.280 e. The van der Waals surface area contributed by atoms with E-state index in [4.69, 9.17) is 0 Å². The predicted octanol–water partition coefficient (Wildman–Crippen LogP) is 3.51. The Morgan fingerprint density at radius 1 is 1.16 bits per heavy atom. The van der Waals surface area contributed by atoms with E-state index >= 15 is 0 Å². The van der Waals surface area contributed by atoms with Gasteiger partial charge in [0, 0.05) is 35.9 Å². The van der Waals surface area contributed by atoms with Crippen LogP contribution in [0.4, 0.5) is 14.7 Å². The van der Waals surface area contributed by atoms with Crippen LogP contribution in [0.25, 0.3) is 10.9 Å². The quantitative estimate of drug-likeness (QED) is 0.383. The Bertz CT molecular complexity index is 1660. The zero-order valence-electron chi connectivity index (χ0n) is 21.0. The van der Waals surface area contributed by atoms with Gasteiger partial charge in [0.1, 0.15) is 5.56 Å². The number of nitrogens with zero attached hydrogens (tertiary/aromatic N) is 4. The van der Waals surface area contributed by atoms with Gasteiger partial charge >= 0.3 is 0 Å². The molecule has 0 unspecified atom stereocenters. The molecule has 0 aliphatic heterocycles. The smallest absolute Gasteiger partial charge is 0.280 e. The Labute approximate surface area is 217 Å². The Hall–Kier alpha value is -4.52. The third-order valence-corrected chi connectivity index (χ3v) is 6.79. The van der Waals surface area contributed by atoms with Crippen LogP contribution in [-0.4, -0.2) is 37.8 Å². The second-order valence-corrected chi connectivity index (χ2v) is 9.32. The highest BCUT2D eigenvalue weighted by Gasteiger charge is 2.21. The lowest BCUT2D eigenvalue weighted by Crippen LogP contribution is -2.31. The zero-order valence-corrected chi connectivity index (χ0v) is 21.0. The monoisotopic (exact) mass is 516 g/mol. The van der Waals surface area contributed by atoms with Crippen molar-refractivity contribution in [3.63, 3.8) is 0 Å². The molecule has 2 heterocycles. The summed E-state index contributed by atoms with van der Waals surface area (Å²) < 4.78 is 29.6. The fourth-order valence-electron chi connectivity index (χ4n) is 4.29. The molecule has 1 amide bonds. The molecule has 2 N–H and O–H groups in total. The van der Waals surface area contributed by atoms with Gasteiger partial charge in [-0.05, 0) is 62.1 Å². The van der Waals surface area contributed by atoms with Crippen molar-refractivity contribution in [1.82, 2.24) is 24.6 Å². The van der Waals surface area contributed by atoms with Crippen molar-refractivity contribution in [3.05, 3.63) is 87.0 Å². The summed E-state index contributed by atoms with van der Waals surface area (Å²) in [7, 11) is 1.63. The minimum atomic E-state index is -0.998. The second kappa shape index (κ2) is 10.5. The van der Waals surface area contributed by atoms with E-state index in [-0.39, 0.29) is 18.7 Å². The molecule has 2 aromatic heterocycles. The molecule has 8 nitrogen and oxygen atoms in total. The van der Waals surface area contributed by atoms with E-state index in [0.717, 1.165) is 41.4 Å². The highest BCUT2D eigenvalue weighted by atomic mass is 19.2. The van der Waals surface area contributed by atoms with Gasteiger partial charge in [-0.25, -0.2) is 23.4 Å². The molecule has 1 saturated carbocycles. The first-order valence-electron chi connectivity index (χ1n) is 12.3. The molecular formula is C28H26F2N6O2. The van der Waals surface area contributed by atoms with Crippen LogP contribution in [0.5, 0.6) is 0 Å². The minimum absolute atomic E-state index is 0.00965. The standard InChI is InChI=1S/C28H26F2N6O2/c1-17-25(27(38)36(35(17)2)16-19-8-10-22(29)23(30)14-19)26(37)31-12-4-5-18-9-11-24-20(13-18)15-32-28(34-24)33-21-6-3-7-21/h8-11,13-15,21H,3,6-7,12,16H2,1-2H3,(H,31,37)(H,32,33,34). The van der Waals surface area contributed by atoms with Gasteiger partial charge in [-0.1, -0.05) is 17.9 Å². The van der Waals surface area contributed by atoms with E-state index in [1.54, 1.807) is 20.2 Å². The number of anilines is 1. The predicted molar refractivity (Wildman–Crippen MR) is 140 cm³/mol. The van der Waals surface area contributed by atoms with Gasteiger partial charge in [0.15, 0.2) is 11.6 Å². The van der Waals surface area contributed by atoms with E-state index in [1.165, 1.54) is 21.9 Å². The van der Waals surface area contributed by atoms with Crippen molar-refractivity contribution in [3.8, 4) is 11.8 Å². The van der Waals surface area contributed by atoms with E-state index in [9.17, 15) is 18.4 Å². The summed E-state index contributed by atoms with van der Waals surface area (Å²) in [6.07, 6.45) is 5.28. The number of nitrogens with one attached hydrogen (secondary N) is 2. The number of benzene rings is 2. The van der Waals surface area contributed by atoms with Gasteiger partial charge in [0.25, 0.3) is 11.5 Å². The van der Waals surface area contributed by atoms with Crippen molar-refractivity contribution in [1.29, 1.82) is 0 Å². The van der Waals surface area contributed by atoms with Gasteiger partial charge < -0.3 is 10.6 Å². The number of carbonyl (C=O) groups is 1. The third-order valence-electron chi connectivity index (χ3n) is 6.79. The summed E-state index contributed by atoms with van der Waals surface area (Å²) in [6.45, 7) is 1.67. The van der Waals surface area contributed by atoms with Crippen molar-refractivity contribution >= 4 is 22.8 Å². The maximum absolute atomic E-state index is 13.6. The van der Waals surface area contributed by atoms with Gasteiger partial charge in [-0.3, -0.25) is 14.3 Å². The molecule has 0 saturated heterocycles. The van der Waals surface area contributed by atoms with E-state index < -0.39 is 23.1 Å². The Morgan fingerprint density at radius 2 is 1.97 bits per heavy atom. The lowest BCUT2D eigenvalue weighted by molar-refractivity contribution is 0.0956. The van der Waals surface area contributed by atoms with Gasteiger partial charge in [-0.15, -0.1) is 0 Å². The van der Waals surface area contributed by atoms with Crippen LogP contribution in [0.15, 0.2) is 47.4 Å². The molecule has 1 aliphatic rings. The molecule has 5 rings (SSSR count). The van der Waals surface area contributed by atoms with Crippen LogP contribution in [-0.2, 0) is 13.6 Å². The molecule has 0 radical (unpaired) electrons. The molecule has 1 aliphatic carbocycles. The summed E-state index contributed by atoms with van der Waals surface area (Å²) in [5, 5.41) is 6.86. The molecule has 194 valence electrons. The minimum Gasteiger partial charge on any atom is -0.351 e. The Kier molecular flexibility index (Phi) is 6.92. The van der Waals surface area contributed by atoms with E-state index in [0.29, 0.717) is 23.2 Å². The zero-order chi connectivity index (χ0) is 26.8. The van der Waals surface area contributed by atoms with E-state index in [2.05, 4.69) is 32.4 Å². The van der Waals surface area contributed by atoms with Crippen LogP contribution in [0.1, 0.15) is 46.4 Å². The van der Waals surface area contributed by atoms with E-state index in [1.807, 2.05) is 18.2 Å². The first-order valence-corrected chi connectivity index (χ1v) is 12.3. The average molecular weight is 517 g/mol. The van der Waals surface area contributed by atoms with Crippen LogP contribution in [0.2, 0.25) is 0 Å². The average Bonchev–Trinajstić information content (AvgIpc) is 3.09. The van der Waals surface area contributed by atoms with Crippen molar-refractivity contribution in [2.75, 3.05) is 11.9 Å². The molecule has 0 atom stereocenters. The molecule has 38 heavy (non-hydrogen) atoms. The van der Waals surface area contributed by atoms with Crippen molar-refractivity contribution in [2.45, 2.75) is 38.8 Å². The van der Waals surface area contributed by atoms with Gasteiger partial charge in [-0.2, -0.15) is 0 Å². The number of rotatable bonds is 6. The topological polar surface area (TPSA) is 93.8 Å². The lowest BCUT2D eigenvalue weighted by Gasteiger charge is -2.26. The number of amides is 1. The van der Waals surface area contributed by atoms with Crippen LogP contribution in [0, 0.1) is 30.4 Å². The molecule has 4 aromatic rings. The number of hydrogen-bond donors (Lipinski definition) is 2. The SMILES string of the molecule is Cc1c(C(=O)NCC#Cc2ccc3nc(NC4CCC4)ncc3c2)c(=O)n(Cc2ccc(F)c(F)c2)n1C. The number of carbonyl (C=O) groups excluding carboxylic acids is 1. The molecule has 10 heteroatoms. The number of fused-ring (bicyclic) bond motifs is 1. The number of halogens is 2. The largest absolute Gasteiger partial charge is 0.351 e. The molecule has 0 bridgehead atoms.